The van der Waals surface area contributed by atoms with Gasteiger partial charge in [0.1, 0.15) is 5.75 Å². The molecule has 5 nitrogen and oxygen atoms in total. The maximum Gasteiger partial charge on any atom is 0.308 e. The number of nitrogens with zero attached hydrogens (tertiary/aromatic N) is 2. The third-order valence-electron chi connectivity index (χ3n) is 6.70. The topological polar surface area (TPSA) is 60.2 Å². The quantitative estimate of drug-likeness (QED) is 0.118. The fourth-order valence-electron chi connectivity index (χ4n) is 3.58. The van der Waals surface area contributed by atoms with E-state index in [0.717, 1.165) is 49.2 Å². The maximum atomic E-state index is 11.6. The number of azo groups is 1. The second-order valence-corrected chi connectivity index (χ2v) is 9.99. The Balaban J connectivity index is 0.000000446. The van der Waals surface area contributed by atoms with Gasteiger partial charge in [-0.25, -0.2) is 0 Å². The van der Waals surface area contributed by atoms with Crippen LogP contribution in [0.2, 0.25) is 0 Å². The number of benzene rings is 3. The minimum Gasteiger partial charge on any atom is -0.494 e. The van der Waals surface area contributed by atoms with Gasteiger partial charge in [-0.15, -0.1) is 0 Å². The smallest absolute Gasteiger partial charge is 0.308 e. The summed E-state index contributed by atoms with van der Waals surface area (Å²) in [5.41, 5.74) is 4.29. The van der Waals surface area contributed by atoms with Crippen LogP contribution >= 0.6 is 0 Å². The van der Waals surface area contributed by atoms with Crippen LogP contribution in [0.3, 0.4) is 0 Å². The van der Waals surface area contributed by atoms with Crippen LogP contribution in [0.1, 0.15) is 83.3 Å². The van der Waals surface area contributed by atoms with Gasteiger partial charge in [0, 0.05) is 0 Å². The molecule has 0 heterocycles. The molecule has 3 rings (SSSR count). The average molecular weight is 531 g/mol. The van der Waals surface area contributed by atoms with Gasteiger partial charge in [-0.2, -0.15) is 10.2 Å². The zero-order valence-electron chi connectivity index (χ0n) is 24.4. The van der Waals surface area contributed by atoms with Crippen molar-refractivity contribution < 1.29 is 14.3 Å². The molecule has 0 saturated heterocycles. The van der Waals surface area contributed by atoms with E-state index in [9.17, 15) is 4.79 Å². The van der Waals surface area contributed by atoms with Crippen LogP contribution in [0.5, 0.6) is 5.75 Å². The molecule has 0 bridgehead atoms. The average Bonchev–Trinajstić information content (AvgIpc) is 2.98. The molecular formula is C34H46N2O3. The number of aryl methyl sites for hydroxylation is 1. The normalized spacial score (nSPS) is 12.3. The van der Waals surface area contributed by atoms with Gasteiger partial charge in [0.25, 0.3) is 0 Å². The summed E-state index contributed by atoms with van der Waals surface area (Å²) in [7, 11) is 0. The lowest BCUT2D eigenvalue weighted by Gasteiger charge is -2.09. The van der Waals surface area contributed by atoms with Gasteiger partial charge in [0.05, 0.1) is 30.5 Å². The third kappa shape index (κ3) is 13.2. The zero-order chi connectivity index (χ0) is 28.3. The van der Waals surface area contributed by atoms with Crippen molar-refractivity contribution >= 4 is 17.3 Å². The van der Waals surface area contributed by atoms with Crippen LogP contribution in [0, 0.1) is 12.8 Å². The summed E-state index contributed by atoms with van der Waals surface area (Å²) in [5, 5.41) is 8.48. The molecule has 5 heteroatoms. The van der Waals surface area contributed by atoms with E-state index < -0.39 is 0 Å². The molecule has 2 unspecified atom stereocenters. The van der Waals surface area contributed by atoms with E-state index in [0.29, 0.717) is 19.1 Å². The highest BCUT2D eigenvalue weighted by molar-refractivity contribution is 5.71. The van der Waals surface area contributed by atoms with Crippen LogP contribution in [0.25, 0.3) is 0 Å². The SMILES string of the molecule is CCC(C)C(=O)OCCCCCCOc1ccc(N=Nc2ccc(C)cc2)cc1.CCC(C)c1ccccc1. The number of esters is 1. The van der Waals surface area contributed by atoms with Crippen molar-refractivity contribution in [2.24, 2.45) is 16.1 Å². The molecule has 2 atom stereocenters. The van der Waals surface area contributed by atoms with Crippen LogP contribution < -0.4 is 4.74 Å². The molecule has 0 aromatic heterocycles. The Morgan fingerprint density at radius 1 is 0.718 bits per heavy atom. The van der Waals surface area contributed by atoms with Crippen molar-refractivity contribution in [3.05, 3.63) is 90.0 Å². The zero-order valence-corrected chi connectivity index (χ0v) is 24.4. The van der Waals surface area contributed by atoms with Gasteiger partial charge in [-0.1, -0.05) is 75.7 Å². The van der Waals surface area contributed by atoms with Crippen LogP contribution in [-0.4, -0.2) is 19.2 Å². The fourth-order valence-corrected chi connectivity index (χ4v) is 3.58. The Morgan fingerprint density at radius 3 is 1.85 bits per heavy atom. The summed E-state index contributed by atoms with van der Waals surface area (Å²) in [4.78, 5) is 11.6. The molecule has 0 aliphatic carbocycles. The predicted octanol–water partition coefficient (Wildman–Crippen LogP) is 10.1. The summed E-state index contributed by atoms with van der Waals surface area (Å²) in [6.07, 6.45) is 6.03. The van der Waals surface area contributed by atoms with Gasteiger partial charge in [0.15, 0.2) is 0 Å². The standard InChI is InChI=1S/C24H32N2O3.C10H14/c1-4-20(3)24(27)29-18-8-6-5-7-17-28-23-15-13-22(14-16-23)26-25-21-11-9-19(2)10-12-21;1-3-9(2)10-7-5-4-6-8-10/h9-16,20H,4-8,17-18H2,1-3H3;4-9H,3H2,1-2H3. The van der Waals surface area contributed by atoms with Gasteiger partial charge in [-0.3, -0.25) is 4.79 Å². The Bertz CT molecular complexity index is 1080. The van der Waals surface area contributed by atoms with E-state index >= 15 is 0 Å². The lowest BCUT2D eigenvalue weighted by atomic mass is 9.99. The van der Waals surface area contributed by atoms with Crippen molar-refractivity contribution in [2.45, 2.75) is 79.1 Å². The van der Waals surface area contributed by atoms with Gasteiger partial charge >= 0.3 is 5.97 Å². The molecule has 3 aromatic rings. The van der Waals surface area contributed by atoms with E-state index in [2.05, 4.69) is 54.4 Å². The number of hydrogen-bond donors (Lipinski definition) is 0. The minimum absolute atomic E-state index is 0.00105. The van der Waals surface area contributed by atoms with Crippen molar-refractivity contribution in [3.8, 4) is 5.75 Å². The monoisotopic (exact) mass is 530 g/mol. The van der Waals surface area contributed by atoms with Crippen LogP contribution in [0.15, 0.2) is 89.1 Å². The summed E-state index contributed by atoms with van der Waals surface area (Å²) in [6, 6.07) is 26.2. The molecule has 0 fully saturated rings. The number of unbranched alkanes of at least 4 members (excludes halogenated alkanes) is 3. The van der Waals surface area contributed by atoms with Crippen LogP contribution in [0.4, 0.5) is 11.4 Å². The number of ether oxygens (including phenoxy) is 2. The molecule has 210 valence electrons. The van der Waals surface area contributed by atoms with Gasteiger partial charge < -0.3 is 9.47 Å². The lowest BCUT2D eigenvalue weighted by molar-refractivity contribution is -0.148. The second-order valence-electron chi connectivity index (χ2n) is 9.99. The molecule has 0 spiro atoms. The first-order chi connectivity index (χ1) is 18.9. The van der Waals surface area contributed by atoms with E-state index in [1.165, 1.54) is 17.5 Å². The molecule has 0 N–H and O–H groups in total. The van der Waals surface area contributed by atoms with Crippen molar-refractivity contribution in [1.29, 1.82) is 0 Å². The number of rotatable bonds is 14. The molecular weight excluding hydrogens is 484 g/mol. The highest BCUT2D eigenvalue weighted by Gasteiger charge is 2.10. The van der Waals surface area contributed by atoms with Gasteiger partial charge in [0.2, 0.25) is 0 Å². The number of carbonyl (C=O) groups excluding carboxylic acids is 1. The Labute approximate surface area is 235 Å². The molecule has 39 heavy (non-hydrogen) atoms. The Kier molecular flexibility index (Phi) is 15.2. The minimum atomic E-state index is -0.0855. The van der Waals surface area contributed by atoms with Gasteiger partial charge in [-0.05, 0) is 93.3 Å². The maximum absolute atomic E-state index is 11.6. The summed E-state index contributed by atoms with van der Waals surface area (Å²) in [5.74, 6) is 1.46. The molecule has 0 amide bonds. The largest absolute Gasteiger partial charge is 0.494 e. The van der Waals surface area contributed by atoms with Crippen molar-refractivity contribution in [1.82, 2.24) is 0 Å². The first kappa shape index (κ1) is 31.7. The summed E-state index contributed by atoms with van der Waals surface area (Å²) in [6.45, 7) is 11.6. The highest BCUT2D eigenvalue weighted by atomic mass is 16.5. The third-order valence-corrected chi connectivity index (χ3v) is 6.70. The molecule has 0 radical (unpaired) electrons. The number of hydrogen-bond acceptors (Lipinski definition) is 5. The highest BCUT2D eigenvalue weighted by Crippen LogP contribution is 2.22. The van der Waals surface area contributed by atoms with Crippen molar-refractivity contribution in [2.75, 3.05) is 13.2 Å². The van der Waals surface area contributed by atoms with E-state index in [-0.39, 0.29) is 11.9 Å². The predicted molar refractivity (Wildman–Crippen MR) is 161 cm³/mol. The first-order valence-electron chi connectivity index (χ1n) is 14.4. The molecule has 0 aliphatic rings. The molecule has 0 aliphatic heterocycles. The lowest BCUT2D eigenvalue weighted by Crippen LogP contribution is -2.14. The summed E-state index contributed by atoms with van der Waals surface area (Å²) >= 11 is 0. The van der Waals surface area contributed by atoms with Crippen molar-refractivity contribution in [3.63, 3.8) is 0 Å². The molecule has 0 saturated carbocycles. The Hall–Kier alpha value is -3.47. The first-order valence-corrected chi connectivity index (χ1v) is 14.4. The van der Waals surface area contributed by atoms with E-state index in [1.54, 1.807) is 0 Å². The second kappa shape index (κ2) is 18.7. The fraction of sp³-hybridized carbons (Fsp3) is 0.441. The number of carbonyl (C=O) groups is 1. The Morgan fingerprint density at radius 2 is 1.28 bits per heavy atom. The van der Waals surface area contributed by atoms with E-state index in [1.807, 2.05) is 69.3 Å². The summed E-state index contributed by atoms with van der Waals surface area (Å²) < 4.78 is 11.0. The van der Waals surface area contributed by atoms with E-state index in [4.69, 9.17) is 9.47 Å². The molecule has 3 aromatic carbocycles. The van der Waals surface area contributed by atoms with Crippen LogP contribution in [-0.2, 0) is 9.53 Å².